The van der Waals surface area contributed by atoms with Gasteiger partial charge in [-0.05, 0) is 63.8 Å². The molecule has 0 aromatic heterocycles. The summed E-state index contributed by atoms with van der Waals surface area (Å²) in [7, 11) is 0. The van der Waals surface area contributed by atoms with Crippen molar-refractivity contribution in [2.75, 3.05) is 0 Å². The van der Waals surface area contributed by atoms with Crippen LogP contribution in [0.2, 0.25) is 0 Å². The lowest BCUT2D eigenvalue weighted by Gasteiger charge is -2.34. The molecule has 2 N–H and O–H groups in total. The second-order valence-corrected chi connectivity index (χ2v) is 5.81. The number of carbonyl (C=O) groups is 1. The van der Waals surface area contributed by atoms with Crippen LogP contribution in [0, 0.1) is 13.8 Å². The Hall–Kier alpha value is -1.35. The molecule has 3 heteroatoms. The molecular weight excluding hydrogens is 236 g/mol. The van der Waals surface area contributed by atoms with Crippen molar-refractivity contribution in [2.45, 2.75) is 58.7 Å². The van der Waals surface area contributed by atoms with E-state index >= 15 is 0 Å². The second-order valence-electron chi connectivity index (χ2n) is 5.81. The lowest BCUT2D eigenvalue weighted by atomic mass is 9.95. The second kappa shape index (κ2) is 5.74. The minimum absolute atomic E-state index is 0.0382. The minimum Gasteiger partial charge on any atom is -0.348 e. The van der Waals surface area contributed by atoms with Crippen molar-refractivity contribution in [3.63, 3.8) is 0 Å². The van der Waals surface area contributed by atoms with Gasteiger partial charge in [0.15, 0.2) is 0 Å². The van der Waals surface area contributed by atoms with Crippen LogP contribution in [0.1, 0.15) is 48.2 Å². The third kappa shape index (κ3) is 3.35. The highest BCUT2D eigenvalue weighted by molar-refractivity contribution is 5.94. The van der Waals surface area contributed by atoms with Crippen LogP contribution in [0.3, 0.4) is 0 Å². The van der Waals surface area contributed by atoms with Crippen LogP contribution in [-0.4, -0.2) is 24.0 Å². The monoisotopic (exact) mass is 260 g/mol. The Morgan fingerprint density at radius 2 is 1.95 bits per heavy atom. The predicted octanol–water partition coefficient (Wildman–Crippen LogP) is 2.56. The molecule has 3 atom stereocenters. The summed E-state index contributed by atoms with van der Waals surface area (Å²) in [5.74, 6) is 0.0382. The summed E-state index contributed by atoms with van der Waals surface area (Å²) in [5, 5.41) is 6.64. The van der Waals surface area contributed by atoms with Gasteiger partial charge >= 0.3 is 0 Å². The highest BCUT2D eigenvalue weighted by Crippen LogP contribution is 2.15. The standard InChI is InChI=1S/C16H24N2O/c1-10-5-7-14(9-11(10)2)16(19)18-15-8-6-12(3)17-13(15)4/h5,7,9,12-13,15,17H,6,8H2,1-4H3,(H,18,19). The molecular formula is C16H24N2O. The summed E-state index contributed by atoms with van der Waals surface area (Å²) in [6.45, 7) is 8.43. The first-order valence-corrected chi connectivity index (χ1v) is 7.11. The maximum absolute atomic E-state index is 12.3. The molecule has 1 aliphatic heterocycles. The van der Waals surface area contributed by atoms with Crippen molar-refractivity contribution >= 4 is 5.91 Å². The molecule has 0 bridgehead atoms. The van der Waals surface area contributed by atoms with Crippen molar-refractivity contribution in [1.29, 1.82) is 0 Å². The molecule has 0 radical (unpaired) electrons. The van der Waals surface area contributed by atoms with Gasteiger partial charge < -0.3 is 10.6 Å². The fourth-order valence-electron chi connectivity index (χ4n) is 2.66. The zero-order chi connectivity index (χ0) is 14.0. The van der Waals surface area contributed by atoms with E-state index in [9.17, 15) is 4.79 Å². The SMILES string of the molecule is Cc1ccc(C(=O)NC2CCC(C)NC2C)cc1C. The van der Waals surface area contributed by atoms with Crippen molar-refractivity contribution in [1.82, 2.24) is 10.6 Å². The Labute approximate surface area is 115 Å². The van der Waals surface area contributed by atoms with Gasteiger partial charge in [0.25, 0.3) is 5.91 Å². The third-order valence-electron chi connectivity index (χ3n) is 4.15. The summed E-state index contributed by atoms with van der Waals surface area (Å²) >= 11 is 0. The number of benzene rings is 1. The van der Waals surface area contributed by atoms with Gasteiger partial charge in [0.1, 0.15) is 0 Å². The molecule has 2 rings (SSSR count). The van der Waals surface area contributed by atoms with E-state index in [-0.39, 0.29) is 11.9 Å². The van der Waals surface area contributed by atoms with Gasteiger partial charge in [-0.25, -0.2) is 0 Å². The van der Waals surface area contributed by atoms with Crippen LogP contribution < -0.4 is 10.6 Å². The molecule has 3 nitrogen and oxygen atoms in total. The first-order chi connectivity index (χ1) is 8.97. The molecule has 0 aliphatic carbocycles. The molecule has 1 heterocycles. The highest BCUT2D eigenvalue weighted by Gasteiger charge is 2.26. The van der Waals surface area contributed by atoms with Crippen LogP contribution in [0.25, 0.3) is 0 Å². The smallest absolute Gasteiger partial charge is 0.251 e. The highest BCUT2D eigenvalue weighted by atomic mass is 16.1. The van der Waals surface area contributed by atoms with Gasteiger partial charge in [-0.3, -0.25) is 4.79 Å². The quantitative estimate of drug-likeness (QED) is 0.858. The Bertz CT molecular complexity index is 470. The van der Waals surface area contributed by atoms with E-state index in [1.165, 1.54) is 5.56 Å². The average Bonchev–Trinajstić information content (AvgIpc) is 2.36. The zero-order valence-electron chi connectivity index (χ0n) is 12.3. The van der Waals surface area contributed by atoms with Gasteiger partial charge in [0, 0.05) is 23.7 Å². The van der Waals surface area contributed by atoms with Crippen molar-refractivity contribution < 1.29 is 4.79 Å². The molecule has 1 aromatic carbocycles. The summed E-state index contributed by atoms with van der Waals surface area (Å²) in [6.07, 6.45) is 2.16. The van der Waals surface area contributed by atoms with Crippen LogP contribution in [0.4, 0.5) is 0 Å². The van der Waals surface area contributed by atoms with E-state index < -0.39 is 0 Å². The molecule has 1 aliphatic rings. The summed E-state index contributed by atoms with van der Waals surface area (Å²) in [4.78, 5) is 12.3. The first-order valence-electron chi connectivity index (χ1n) is 7.11. The van der Waals surface area contributed by atoms with Gasteiger partial charge in [-0.2, -0.15) is 0 Å². The molecule has 3 unspecified atom stereocenters. The normalized spacial score (nSPS) is 27.1. The largest absolute Gasteiger partial charge is 0.348 e. The van der Waals surface area contributed by atoms with Crippen LogP contribution in [0.15, 0.2) is 18.2 Å². The van der Waals surface area contributed by atoms with E-state index in [0.29, 0.717) is 12.1 Å². The van der Waals surface area contributed by atoms with E-state index in [1.54, 1.807) is 0 Å². The predicted molar refractivity (Wildman–Crippen MR) is 78.5 cm³/mol. The van der Waals surface area contributed by atoms with Crippen molar-refractivity contribution in [3.8, 4) is 0 Å². The molecule has 1 amide bonds. The van der Waals surface area contributed by atoms with E-state index in [0.717, 1.165) is 24.0 Å². The molecule has 0 spiro atoms. The number of carbonyl (C=O) groups excluding carboxylic acids is 1. The molecule has 19 heavy (non-hydrogen) atoms. The number of rotatable bonds is 2. The minimum atomic E-state index is 0.0382. The molecule has 1 fully saturated rings. The number of piperidine rings is 1. The van der Waals surface area contributed by atoms with Gasteiger partial charge in [0.05, 0.1) is 0 Å². The summed E-state index contributed by atoms with van der Waals surface area (Å²) in [5.41, 5.74) is 3.14. The Morgan fingerprint density at radius 1 is 1.21 bits per heavy atom. The van der Waals surface area contributed by atoms with E-state index in [4.69, 9.17) is 0 Å². The van der Waals surface area contributed by atoms with Crippen molar-refractivity contribution in [2.24, 2.45) is 0 Å². The fraction of sp³-hybridized carbons (Fsp3) is 0.562. The summed E-state index contributed by atoms with van der Waals surface area (Å²) < 4.78 is 0. The van der Waals surface area contributed by atoms with Crippen LogP contribution >= 0.6 is 0 Å². The van der Waals surface area contributed by atoms with E-state index in [2.05, 4.69) is 31.4 Å². The number of nitrogens with one attached hydrogen (secondary N) is 2. The van der Waals surface area contributed by atoms with E-state index in [1.807, 2.05) is 25.1 Å². The third-order valence-corrected chi connectivity index (χ3v) is 4.15. The van der Waals surface area contributed by atoms with Crippen molar-refractivity contribution in [3.05, 3.63) is 34.9 Å². The fourth-order valence-corrected chi connectivity index (χ4v) is 2.66. The maximum Gasteiger partial charge on any atom is 0.251 e. The average molecular weight is 260 g/mol. The Kier molecular flexibility index (Phi) is 4.25. The number of amides is 1. The van der Waals surface area contributed by atoms with Gasteiger partial charge in [0.2, 0.25) is 0 Å². The molecule has 1 aromatic rings. The lowest BCUT2D eigenvalue weighted by Crippen LogP contribution is -2.54. The number of hydrogen-bond acceptors (Lipinski definition) is 2. The van der Waals surface area contributed by atoms with Crippen LogP contribution in [-0.2, 0) is 0 Å². The lowest BCUT2D eigenvalue weighted by molar-refractivity contribution is 0.0914. The zero-order valence-corrected chi connectivity index (χ0v) is 12.3. The topological polar surface area (TPSA) is 41.1 Å². The number of hydrogen-bond donors (Lipinski definition) is 2. The Balaban J connectivity index is 2.02. The molecule has 1 saturated heterocycles. The summed E-state index contributed by atoms with van der Waals surface area (Å²) in [6, 6.07) is 6.99. The number of aryl methyl sites for hydroxylation is 2. The molecule has 0 saturated carbocycles. The van der Waals surface area contributed by atoms with Gasteiger partial charge in [-0.15, -0.1) is 0 Å². The Morgan fingerprint density at radius 3 is 2.58 bits per heavy atom. The van der Waals surface area contributed by atoms with Gasteiger partial charge in [-0.1, -0.05) is 6.07 Å². The van der Waals surface area contributed by atoms with Crippen LogP contribution in [0.5, 0.6) is 0 Å². The maximum atomic E-state index is 12.3. The molecule has 104 valence electrons. The first kappa shape index (κ1) is 14.1.